The molecule has 0 amide bonds. The molecule has 38 heavy (non-hydrogen) atoms. The Morgan fingerprint density at radius 3 is 2.55 bits per heavy atom. The fourth-order valence-electron chi connectivity index (χ4n) is 6.02. The molecule has 0 spiro atoms. The summed E-state index contributed by atoms with van der Waals surface area (Å²) < 4.78 is 7.47. The fourth-order valence-corrected chi connectivity index (χ4v) is 6.02. The van der Waals surface area contributed by atoms with Gasteiger partial charge in [0, 0.05) is 49.2 Å². The van der Waals surface area contributed by atoms with Crippen molar-refractivity contribution in [1.29, 1.82) is 0 Å². The molecule has 4 aromatic rings. The van der Waals surface area contributed by atoms with Crippen molar-refractivity contribution in [3.05, 3.63) is 81.9 Å². The summed E-state index contributed by atoms with van der Waals surface area (Å²) in [6.45, 7) is 4.40. The first-order valence-electron chi connectivity index (χ1n) is 13.7. The van der Waals surface area contributed by atoms with E-state index >= 15 is 0 Å². The zero-order valence-electron chi connectivity index (χ0n) is 21.9. The molecule has 2 aliphatic rings. The molecule has 1 N–H and O–H groups in total. The van der Waals surface area contributed by atoms with Crippen molar-refractivity contribution in [3.8, 4) is 5.75 Å². The highest BCUT2D eigenvalue weighted by Crippen LogP contribution is 2.33. The molecular weight excluding hydrogens is 478 g/mol. The summed E-state index contributed by atoms with van der Waals surface area (Å²) in [4.78, 5) is 21.5. The third-order valence-electron chi connectivity index (χ3n) is 8.08. The first-order valence-corrected chi connectivity index (χ1v) is 13.7. The molecule has 1 saturated carbocycles. The minimum absolute atomic E-state index is 0.0995. The van der Waals surface area contributed by atoms with E-state index in [4.69, 9.17) is 4.74 Å². The Labute approximate surface area is 222 Å². The van der Waals surface area contributed by atoms with Crippen molar-refractivity contribution in [3.63, 3.8) is 0 Å². The lowest BCUT2D eigenvalue weighted by Crippen LogP contribution is -2.48. The Bertz CT molecular complexity index is 1420. The average molecular weight is 514 g/mol. The molecule has 9 heteroatoms. The third kappa shape index (κ3) is 5.08. The van der Waals surface area contributed by atoms with E-state index in [0.717, 1.165) is 68.0 Å². The number of fused-ring (bicyclic) bond motifs is 1. The highest BCUT2D eigenvalue weighted by atomic mass is 16.5. The zero-order valence-corrected chi connectivity index (χ0v) is 21.9. The maximum absolute atomic E-state index is 13.6. The predicted octanol–water partition coefficient (Wildman–Crippen LogP) is 3.94. The number of tetrazole rings is 1. The molecule has 1 aliphatic heterocycles. The third-order valence-corrected chi connectivity index (χ3v) is 8.08. The van der Waals surface area contributed by atoms with Gasteiger partial charge in [-0.3, -0.25) is 14.6 Å². The average Bonchev–Trinajstić information content (AvgIpc) is 3.45. The van der Waals surface area contributed by atoms with Crippen LogP contribution in [0.5, 0.6) is 5.75 Å². The smallest absolute Gasteiger partial charge is 0.253 e. The standard InChI is InChI=1S/C29H35N7O2/c1-38-24-12-13-26-22(18-24)19-25(29(37)30-26)27(28-31-32-33-36(28)23-10-6-3-7-11-23)35-16-14-34(15-17-35)20-21-8-4-2-5-9-21/h2,4-5,8-9,12-13,18-19,23,27H,3,6-7,10-11,14-17,20H2,1H3,(H,30,37)/t27-/m0/s1. The monoisotopic (exact) mass is 513 g/mol. The lowest BCUT2D eigenvalue weighted by molar-refractivity contribution is 0.0982. The topological polar surface area (TPSA) is 92.2 Å². The number of aromatic nitrogens is 5. The number of methoxy groups -OCH3 is 1. The van der Waals surface area contributed by atoms with E-state index in [0.29, 0.717) is 5.56 Å². The molecule has 2 fully saturated rings. The minimum atomic E-state index is -0.329. The number of H-pyrrole nitrogens is 1. The highest BCUT2D eigenvalue weighted by Gasteiger charge is 2.34. The van der Waals surface area contributed by atoms with Crippen LogP contribution in [-0.4, -0.2) is 68.3 Å². The van der Waals surface area contributed by atoms with Crippen LogP contribution in [0.25, 0.3) is 10.9 Å². The van der Waals surface area contributed by atoms with Crippen LogP contribution in [-0.2, 0) is 6.54 Å². The molecule has 9 nitrogen and oxygen atoms in total. The van der Waals surface area contributed by atoms with E-state index < -0.39 is 0 Å². The predicted molar refractivity (Wildman–Crippen MR) is 146 cm³/mol. The SMILES string of the molecule is COc1ccc2[nH]c(=O)c([C@@H](c3nnnn3C3CCCCC3)N3CCN(Cc4ccccc4)CC3)cc2c1. The van der Waals surface area contributed by atoms with Crippen LogP contribution in [0.1, 0.15) is 61.1 Å². The van der Waals surface area contributed by atoms with Gasteiger partial charge in [-0.05, 0) is 53.1 Å². The van der Waals surface area contributed by atoms with Crippen molar-refractivity contribution in [1.82, 2.24) is 35.0 Å². The number of ether oxygens (including phenoxy) is 1. The van der Waals surface area contributed by atoms with Gasteiger partial charge in [0.1, 0.15) is 11.8 Å². The summed E-state index contributed by atoms with van der Waals surface area (Å²) in [5, 5.41) is 14.1. The van der Waals surface area contributed by atoms with Crippen molar-refractivity contribution in [2.75, 3.05) is 33.3 Å². The first-order chi connectivity index (χ1) is 18.7. The molecule has 1 saturated heterocycles. The maximum Gasteiger partial charge on any atom is 0.253 e. The number of hydrogen-bond donors (Lipinski definition) is 1. The number of aromatic amines is 1. The Balaban J connectivity index is 1.35. The fraction of sp³-hybridized carbons (Fsp3) is 0.448. The van der Waals surface area contributed by atoms with Crippen LogP contribution in [0, 0.1) is 0 Å². The minimum Gasteiger partial charge on any atom is -0.497 e. The molecule has 3 heterocycles. The summed E-state index contributed by atoms with van der Waals surface area (Å²) in [6.07, 6.45) is 5.76. The molecule has 6 rings (SSSR count). The number of nitrogens with zero attached hydrogens (tertiary/aromatic N) is 6. The van der Waals surface area contributed by atoms with Gasteiger partial charge < -0.3 is 9.72 Å². The number of nitrogens with one attached hydrogen (secondary N) is 1. The molecule has 0 unspecified atom stereocenters. The van der Waals surface area contributed by atoms with Gasteiger partial charge in [0.05, 0.1) is 13.2 Å². The summed E-state index contributed by atoms with van der Waals surface area (Å²) in [5.41, 5.74) is 2.68. The summed E-state index contributed by atoms with van der Waals surface area (Å²) in [7, 11) is 1.66. The van der Waals surface area contributed by atoms with Gasteiger partial charge in [0.15, 0.2) is 5.82 Å². The summed E-state index contributed by atoms with van der Waals surface area (Å²) >= 11 is 0. The van der Waals surface area contributed by atoms with Gasteiger partial charge in [0.25, 0.3) is 5.56 Å². The van der Waals surface area contributed by atoms with Crippen molar-refractivity contribution < 1.29 is 4.74 Å². The van der Waals surface area contributed by atoms with E-state index in [2.05, 4.69) is 60.6 Å². The molecule has 1 aliphatic carbocycles. The van der Waals surface area contributed by atoms with Gasteiger partial charge in [-0.25, -0.2) is 4.68 Å². The van der Waals surface area contributed by atoms with Crippen LogP contribution in [0.3, 0.4) is 0 Å². The number of pyridine rings is 1. The Morgan fingerprint density at radius 2 is 1.79 bits per heavy atom. The van der Waals surface area contributed by atoms with E-state index in [9.17, 15) is 4.79 Å². The second kappa shape index (κ2) is 11.0. The normalized spacial score (nSPS) is 18.6. The lowest BCUT2D eigenvalue weighted by atomic mass is 9.95. The molecule has 0 bridgehead atoms. The Kier molecular flexibility index (Phi) is 7.20. The maximum atomic E-state index is 13.6. The summed E-state index contributed by atoms with van der Waals surface area (Å²) in [6, 6.07) is 18.3. The largest absolute Gasteiger partial charge is 0.497 e. The van der Waals surface area contributed by atoms with E-state index in [-0.39, 0.29) is 17.6 Å². The molecule has 1 atom stereocenters. The van der Waals surface area contributed by atoms with Gasteiger partial charge in [-0.15, -0.1) is 5.10 Å². The summed E-state index contributed by atoms with van der Waals surface area (Å²) in [5.74, 6) is 1.52. The first kappa shape index (κ1) is 24.8. The number of hydrogen-bond acceptors (Lipinski definition) is 7. The number of rotatable bonds is 7. The van der Waals surface area contributed by atoms with Gasteiger partial charge >= 0.3 is 0 Å². The van der Waals surface area contributed by atoms with Crippen molar-refractivity contribution in [2.24, 2.45) is 0 Å². The highest BCUT2D eigenvalue weighted by molar-refractivity contribution is 5.80. The second-order valence-electron chi connectivity index (χ2n) is 10.5. The van der Waals surface area contributed by atoms with Gasteiger partial charge in [-0.1, -0.05) is 49.6 Å². The van der Waals surface area contributed by atoms with Crippen molar-refractivity contribution >= 4 is 10.9 Å². The van der Waals surface area contributed by atoms with E-state index in [1.54, 1.807) is 7.11 Å². The molecule has 2 aromatic carbocycles. The van der Waals surface area contributed by atoms with Crippen LogP contribution in [0.4, 0.5) is 0 Å². The van der Waals surface area contributed by atoms with Crippen LogP contribution < -0.4 is 10.3 Å². The Morgan fingerprint density at radius 1 is 1.00 bits per heavy atom. The number of benzene rings is 2. The quantitative estimate of drug-likeness (QED) is 0.400. The number of piperazine rings is 1. The lowest BCUT2D eigenvalue weighted by Gasteiger charge is -2.39. The van der Waals surface area contributed by atoms with Crippen LogP contribution in [0.15, 0.2) is 59.4 Å². The van der Waals surface area contributed by atoms with Crippen LogP contribution in [0.2, 0.25) is 0 Å². The molecule has 198 valence electrons. The molecule has 0 radical (unpaired) electrons. The van der Waals surface area contributed by atoms with E-state index in [1.807, 2.05) is 28.9 Å². The molecule has 2 aromatic heterocycles. The second-order valence-corrected chi connectivity index (χ2v) is 10.5. The Hall–Kier alpha value is -3.56. The van der Waals surface area contributed by atoms with Crippen LogP contribution >= 0.6 is 0 Å². The van der Waals surface area contributed by atoms with E-state index in [1.165, 1.54) is 24.8 Å². The molecular formula is C29H35N7O2. The van der Waals surface area contributed by atoms with Crippen molar-refractivity contribution in [2.45, 2.75) is 50.7 Å². The zero-order chi connectivity index (χ0) is 25.9. The van der Waals surface area contributed by atoms with Gasteiger partial charge in [0.2, 0.25) is 0 Å². The van der Waals surface area contributed by atoms with Gasteiger partial charge in [-0.2, -0.15) is 0 Å².